The first-order chi connectivity index (χ1) is 16.7. The summed E-state index contributed by atoms with van der Waals surface area (Å²) in [5.74, 6) is 11.8. The van der Waals surface area contributed by atoms with Crippen LogP contribution in [0.5, 0.6) is 0 Å². The predicted octanol–water partition coefficient (Wildman–Crippen LogP) is 8.40. The molecule has 0 N–H and O–H groups in total. The smallest absolute Gasteiger partial charge is 0.0325 e. The number of hydrogen-bond donors (Lipinski definition) is 0. The molecule has 0 heterocycles. The van der Waals surface area contributed by atoms with Crippen LogP contribution in [-0.2, 0) is 0 Å². The van der Waals surface area contributed by atoms with E-state index in [1.807, 2.05) is 0 Å². The van der Waals surface area contributed by atoms with Crippen molar-refractivity contribution in [1.29, 1.82) is 0 Å². The summed E-state index contributed by atoms with van der Waals surface area (Å²) >= 11 is 0. The van der Waals surface area contributed by atoms with Gasteiger partial charge in [0, 0.05) is 10.8 Å². The first-order valence-corrected chi connectivity index (χ1v) is 15.6. The van der Waals surface area contributed by atoms with Gasteiger partial charge in [-0.2, -0.15) is 0 Å². The third kappa shape index (κ3) is 2.38. The predicted molar refractivity (Wildman–Crippen MR) is 141 cm³/mol. The van der Waals surface area contributed by atoms with Crippen molar-refractivity contribution >= 4 is 0 Å². The molecule has 0 radical (unpaired) electrons. The lowest BCUT2D eigenvalue weighted by Gasteiger charge is -2.78. The van der Waals surface area contributed by atoms with Crippen LogP contribution in [0.15, 0.2) is 0 Å². The minimum atomic E-state index is 0.235. The fourth-order valence-corrected chi connectivity index (χ4v) is 16.2. The van der Waals surface area contributed by atoms with E-state index in [0.717, 1.165) is 29.6 Å². The Labute approximate surface area is 214 Å². The summed E-state index contributed by atoms with van der Waals surface area (Å²) in [5, 5.41) is 0. The maximum atomic E-state index is 6.43. The first kappa shape index (κ1) is 21.1. The molecule has 0 amide bonds. The van der Waals surface area contributed by atoms with Crippen molar-refractivity contribution in [3.8, 4) is 24.7 Å². The lowest BCUT2D eigenvalue weighted by Crippen LogP contribution is -2.69. The van der Waals surface area contributed by atoms with Gasteiger partial charge >= 0.3 is 0 Å². The summed E-state index contributed by atoms with van der Waals surface area (Å²) in [4.78, 5) is 0. The normalized spacial score (nSPS) is 66.5. The van der Waals surface area contributed by atoms with Crippen molar-refractivity contribution in [3.63, 3.8) is 0 Å². The van der Waals surface area contributed by atoms with Crippen LogP contribution in [0.4, 0.5) is 0 Å². The van der Waals surface area contributed by atoms with E-state index >= 15 is 0 Å². The van der Waals surface area contributed by atoms with Gasteiger partial charge in [-0.15, -0.1) is 12.8 Å². The highest BCUT2D eigenvalue weighted by atomic mass is 14.8. The molecule has 0 spiro atoms. The van der Waals surface area contributed by atoms with Gasteiger partial charge in [0.15, 0.2) is 0 Å². The second-order valence-electron chi connectivity index (χ2n) is 17.7. The molecule has 12 bridgehead atoms. The van der Waals surface area contributed by atoms with Gasteiger partial charge in [-0.25, -0.2) is 0 Å². The van der Waals surface area contributed by atoms with Gasteiger partial charge in [-0.3, -0.25) is 0 Å². The molecule has 35 heavy (non-hydrogen) atoms. The maximum absolute atomic E-state index is 6.43. The van der Waals surface area contributed by atoms with Crippen LogP contribution in [0.1, 0.15) is 122 Å². The Balaban J connectivity index is 1.17. The fourth-order valence-electron chi connectivity index (χ4n) is 16.2. The lowest BCUT2D eigenvalue weighted by molar-refractivity contribution is -0.283. The molecule has 8 atom stereocenters. The number of hydrogen-bond acceptors (Lipinski definition) is 0. The lowest BCUT2D eigenvalue weighted by atomic mass is 9.26. The Morgan fingerprint density at radius 1 is 0.457 bits per heavy atom. The topological polar surface area (TPSA) is 0 Å². The highest BCUT2D eigenvalue weighted by Gasteiger charge is 2.75. The van der Waals surface area contributed by atoms with Crippen LogP contribution in [0.3, 0.4) is 0 Å². The molecule has 186 valence electrons. The Morgan fingerprint density at radius 2 is 0.914 bits per heavy atom. The Morgan fingerprint density at radius 3 is 1.49 bits per heavy atom. The minimum Gasteiger partial charge on any atom is -0.120 e. The van der Waals surface area contributed by atoms with Gasteiger partial charge in [-0.05, 0) is 172 Å². The average Bonchev–Trinajstić information content (AvgIpc) is 2.76. The van der Waals surface area contributed by atoms with Crippen molar-refractivity contribution in [2.24, 2.45) is 67.5 Å². The third-order valence-electron chi connectivity index (χ3n) is 15.3. The van der Waals surface area contributed by atoms with Gasteiger partial charge < -0.3 is 0 Å². The second kappa shape index (κ2) is 5.90. The van der Waals surface area contributed by atoms with Gasteiger partial charge in [0.25, 0.3) is 0 Å². The molecular formula is C35H46. The zero-order chi connectivity index (χ0) is 23.5. The summed E-state index contributed by atoms with van der Waals surface area (Å²) in [6.45, 7) is 2.66. The number of terminal acetylenes is 2. The summed E-state index contributed by atoms with van der Waals surface area (Å²) in [7, 11) is 0. The first-order valence-electron chi connectivity index (χ1n) is 15.6. The molecule has 12 saturated carbocycles. The molecular weight excluding hydrogens is 420 g/mol. The Hall–Kier alpha value is -0.880. The summed E-state index contributed by atoms with van der Waals surface area (Å²) in [6.07, 6.45) is 39.6. The minimum absolute atomic E-state index is 0.235. The summed E-state index contributed by atoms with van der Waals surface area (Å²) in [6, 6.07) is 0. The molecule has 0 saturated heterocycles. The van der Waals surface area contributed by atoms with Gasteiger partial charge in [-0.1, -0.05) is 18.8 Å². The summed E-state index contributed by atoms with van der Waals surface area (Å²) < 4.78 is 0. The van der Waals surface area contributed by atoms with Crippen LogP contribution in [0, 0.1) is 92.2 Å². The monoisotopic (exact) mass is 466 g/mol. The molecule has 12 rings (SSSR count). The molecule has 8 unspecified atom stereocenters. The molecule has 0 aromatic heterocycles. The maximum Gasteiger partial charge on any atom is 0.0325 e. The number of rotatable bonds is 2. The van der Waals surface area contributed by atoms with E-state index < -0.39 is 0 Å². The van der Waals surface area contributed by atoms with E-state index in [0.29, 0.717) is 27.1 Å². The molecule has 0 aromatic carbocycles. The highest BCUT2D eigenvalue weighted by molar-refractivity contribution is 5.29. The van der Waals surface area contributed by atoms with Crippen LogP contribution >= 0.6 is 0 Å². The quantitative estimate of drug-likeness (QED) is 0.358. The second-order valence-corrected chi connectivity index (χ2v) is 17.7. The largest absolute Gasteiger partial charge is 0.120 e. The third-order valence-corrected chi connectivity index (χ3v) is 15.3. The van der Waals surface area contributed by atoms with E-state index in [-0.39, 0.29) is 10.8 Å². The van der Waals surface area contributed by atoms with Crippen molar-refractivity contribution in [3.05, 3.63) is 0 Å². The van der Waals surface area contributed by atoms with Crippen molar-refractivity contribution < 1.29 is 0 Å². The van der Waals surface area contributed by atoms with Crippen LogP contribution < -0.4 is 0 Å². The van der Waals surface area contributed by atoms with Gasteiger partial charge in [0.1, 0.15) is 0 Å². The van der Waals surface area contributed by atoms with Gasteiger partial charge in [0.05, 0.1) is 0 Å². The van der Waals surface area contributed by atoms with E-state index in [2.05, 4.69) is 18.8 Å². The van der Waals surface area contributed by atoms with Crippen LogP contribution in [0.25, 0.3) is 0 Å². The molecule has 0 aliphatic heterocycles. The zero-order valence-corrected chi connectivity index (χ0v) is 22.3. The molecule has 12 fully saturated rings. The summed E-state index contributed by atoms with van der Waals surface area (Å²) in [5.41, 5.74) is 3.39. The Bertz CT molecular complexity index is 1070. The Kier molecular flexibility index (Phi) is 3.55. The average molecular weight is 467 g/mol. The zero-order valence-electron chi connectivity index (χ0n) is 22.3. The van der Waals surface area contributed by atoms with E-state index in [1.165, 1.54) is 64.2 Å². The van der Waals surface area contributed by atoms with E-state index in [9.17, 15) is 0 Å². The molecule has 12 aliphatic rings. The molecule has 0 nitrogen and oxygen atoms in total. The van der Waals surface area contributed by atoms with Crippen LogP contribution in [0.2, 0.25) is 0 Å². The van der Waals surface area contributed by atoms with Crippen molar-refractivity contribution in [2.45, 2.75) is 122 Å². The molecule has 0 aromatic rings. The molecule has 12 aliphatic carbocycles. The highest BCUT2D eigenvalue weighted by Crippen LogP contribution is 2.84. The van der Waals surface area contributed by atoms with Crippen molar-refractivity contribution in [2.75, 3.05) is 0 Å². The van der Waals surface area contributed by atoms with E-state index in [4.69, 9.17) is 12.8 Å². The van der Waals surface area contributed by atoms with Crippen LogP contribution in [-0.4, -0.2) is 0 Å². The van der Waals surface area contributed by atoms with Crippen molar-refractivity contribution in [1.82, 2.24) is 0 Å². The fraction of sp³-hybridized carbons (Fsp3) is 0.886. The molecule has 0 heteroatoms. The van der Waals surface area contributed by atoms with Gasteiger partial charge in [0.2, 0.25) is 0 Å². The standard InChI is InChI=1S/C35H46/c1-4-30-9-24-6-25(10-30)13-32(12-24,21-30)33-14-26-7-27(15-33)17-34(16-26,23-33)35-18-28-8-29(3,20-35)19-31(5-2,11-28)22-35/h1-2,24-28H,6-23H2,3H3. The van der Waals surface area contributed by atoms with E-state index in [1.54, 1.807) is 51.4 Å². The SMILES string of the molecule is C#CC12CC3CC(C1)CC(C14CC5CC(C1)CC(C16CC7CC(C)(CC(C#C)(C7)C1)C6)(C5)C4)(C3)C2.